The van der Waals surface area contributed by atoms with Gasteiger partial charge in [-0.2, -0.15) is 35.3 Å². The summed E-state index contributed by atoms with van der Waals surface area (Å²) in [5.41, 5.74) is 4.80. The summed E-state index contributed by atoms with van der Waals surface area (Å²) in [4.78, 5) is 0. The summed E-state index contributed by atoms with van der Waals surface area (Å²) in [5, 5.41) is 4.90. The Kier molecular flexibility index (Phi) is 7.29. The van der Waals surface area contributed by atoms with Crippen molar-refractivity contribution in [1.82, 2.24) is 0 Å². The first-order chi connectivity index (χ1) is 16.3. The molecule has 1 aliphatic rings. The van der Waals surface area contributed by atoms with Gasteiger partial charge in [0.25, 0.3) is 0 Å². The lowest BCUT2D eigenvalue weighted by Gasteiger charge is -2.22. The van der Waals surface area contributed by atoms with Crippen LogP contribution in [0.3, 0.4) is 0 Å². The zero-order chi connectivity index (χ0) is 22.6. The van der Waals surface area contributed by atoms with Crippen molar-refractivity contribution >= 4 is 56.8 Å². The molecule has 0 unspecified atom stereocenters. The normalized spacial score (nSPS) is 15.1. The van der Waals surface area contributed by atoms with Crippen molar-refractivity contribution in [2.24, 2.45) is 0 Å². The average Bonchev–Trinajstić information content (AvgIpc) is 2.85. The number of thioether (sulfide) groups is 3. The van der Waals surface area contributed by atoms with Gasteiger partial charge in [0.2, 0.25) is 0 Å². The van der Waals surface area contributed by atoms with Gasteiger partial charge in [-0.1, -0.05) is 48.5 Å². The van der Waals surface area contributed by atoms with Crippen molar-refractivity contribution in [3.05, 3.63) is 71.8 Å². The lowest BCUT2D eigenvalue weighted by Crippen LogP contribution is -2.01. The Morgan fingerprint density at radius 3 is 1.45 bits per heavy atom. The van der Waals surface area contributed by atoms with Crippen LogP contribution in [-0.4, -0.2) is 37.2 Å². The fourth-order valence-corrected chi connectivity index (χ4v) is 7.90. The fourth-order valence-electron chi connectivity index (χ4n) is 4.65. The zero-order valence-corrected chi connectivity index (χ0v) is 21.5. The van der Waals surface area contributed by atoms with Crippen molar-refractivity contribution < 1.29 is 9.47 Å². The topological polar surface area (TPSA) is 18.5 Å². The van der Waals surface area contributed by atoms with Crippen LogP contribution in [0, 0.1) is 0 Å². The second-order valence-corrected chi connectivity index (χ2v) is 11.5. The van der Waals surface area contributed by atoms with Gasteiger partial charge in [0.05, 0.1) is 14.2 Å². The van der Waals surface area contributed by atoms with E-state index in [0.29, 0.717) is 0 Å². The van der Waals surface area contributed by atoms with Crippen LogP contribution in [-0.2, 0) is 11.5 Å². The molecule has 0 saturated heterocycles. The van der Waals surface area contributed by atoms with Crippen molar-refractivity contribution in [2.75, 3.05) is 37.2 Å². The maximum absolute atomic E-state index is 6.18. The minimum absolute atomic E-state index is 0.941. The van der Waals surface area contributed by atoms with E-state index in [4.69, 9.17) is 9.47 Å². The van der Waals surface area contributed by atoms with Crippen LogP contribution >= 0.6 is 35.3 Å². The summed E-state index contributed by atoms with van der Waals surface area (Å²) in [5.74, 6) is 8.51. The van der Waals surface area contributed by atoms with Crippen LogP contribution in [0.1, 0.15) is 11.1 Å². The fraction of sp³-hybridized carbons (Fsp3) is 0.286. The molecule has 2 nitrogen and oxygen atoms in total. The van der Waals surface area contributed by atoms with Crippen LogP contribution in [0.25, 0.3) is 32.7 Å². The summed E-state index contributed by atoms with van der Waals surface area (Å²) < 4.78 is 12.4. The quantitative estimate of drug-likeness (QED) is 0.282. The van der Waals surface area contributed by atoms with Gasteiger partial charge in [0.1, 0.15) is 11.5 Å². The predicted octanol–water partition coefficient (Wildman–Crippen LogP) is 7.89. The van der Waals surface area contributed by atoms with E-state index < -0.39 is 0 Å². The Balaban J connectivity index is 1.89. The van der Waals surface area contributed by atoms with Crippen LogP contribution in [0.15, 0.2) is 60.7 Å². The molecule has 4 bridgehead atoms. The summed E-state index contributed by atoms with van der Waals surface area (Å²) in [6.45, 7) is 0. The molecule has 0 radical (unpaired) electrons. The molecule has 0 amide bonds. The number of benzene rings is 4. The second kappa shape index (κ2) is 10.5. The Labute approximate surface area is 208 Å². The summed E-state index contributed by atoms with van der Waals surface area (Å²) >= 11 is 6.04. The van der Waals surface area contributed by atoms with Crippen LogP contribution in [0.5, 0.6) is 11.5 Å². The first-order valence-electron chi connectivity index (χ1n) is 11.2. The molecular formula is C28H28O2S3. The van der Waals surface area contributed by atoms with Gasteiger partial charge in [0.15, 0.2) is 0 Å². The maximum atomic E-state index is 6.18. The SMILES string of the molecule is COc1c2cc3ccccc3c1-c1c(OC)c(cc3ccccc13)CSCCSCCSC2. The number of methoxy groups -OCH3 is 2. The first kappa shape index (κ1) is 22.8. The number of rotatable bonds is 2. The van der Waals surface area contributed by atoms with Gasteiger partial charge < -0.3 is 9.47 Å². The second-order valence-electron chi connectivity index (χ2n) is 8.05. The number of hydrogen-bond donors (Lipinski definition) is 0. The van der Waals surface area contributed by atoms with Crippen molar-refractivity contribution in [3.63, 3.8) is 0 Å². The molecule has 0 atom stereocenters. The molecule has 170 valence electrons. The molecule has 0 spiro atoms. The van der Waals surface area contributed by atoms with Gasteiger partial charge in [0, 0.05) is 56.8 Å². The Bertz CT molecular complexity index is 1190. The highest BCUT2D eigenvalue weighted by Gasteiger charge is 2.23. The van der Waals surface area contributed by atoms with Crippen LogP contribution < -0.4 is 9.47 Å². The van der Waals surface area contributed by atoms with E-state index >= 15 is 0 Å². The Morgan fingerprint density at radius 2 is 1.00 bits per heavy atom. The van der Waals surface area contributed by atoms with Crippen LogP contribution in [0.2, 0.25) is 0 Å². The van der Waals surface area contributed by atoms with E-state index in [0.717, 1.165) is 45.6 Å². The Morgan fingerprint density at radius 1 is 0.576 bits per heavy atom. The third-order valence-corrected chi connectivity index (χ3v) is 9.59. The molecule has 0 fully saturated rings. The van der Waals surface area contributed by atoms with E-state index in [1.165, 1.54) is 44.2 Å². The lowest BCUT2D eigenvalue weighted by molar-refractivity contribution is 0.407. The highest BCUT2D eigenvalue weighted by Crippen LogP contribution is 2.49. The highest BCUT2D eigenvalue weighted by atomic mass is 32.2. The number of ether oxygens (including phenoxy) is 2. The average molecular weight is 493 g/mol. The molecule has 4 aromatic rings. The molecule has 1 aliphatic heterocycles. The lowest BCUT2D eigenvalue weighted by atomic mass is 9.89. The monoisotopic (exact) mass is 492 g/mol. The predicted molar refractivity (Wildman–Crippen MR) is 150 cm³/mol. The van der Waals surface area contributed by atoms with E-state index in [1.54, 1.807) is 14.2 Å². The standard InChI is InChI=1S/C28H28O2S3/c1-29-27-21-15-19-7-3-5-9-23(19)25(27)26-24-10-6-4-8-20(24)16-22(28(26)30-2)18-33-14-12-31-11-13-32-17-21/h3-10,15-16H,11-14,17-18H2,1-2H3. The number of fused-ring (bicyclic) bond motifs is 9. The van der Waals surface area contributed by atoms with E-state index in [1.807, 2.05) is 23.5 Å². The summed E-state index contributed by atoms with van der Waals surface area (Å²) in [6.07, 6.45) is 0. The molecule has 0 aromatic heterocycles. The molecule has 33 heavy (non-hydrogen) atoms. The molecule has 1 heterocycles. The van der Waals surface area contributed by atoms with Crippen molar-refractivity contribution in [3.8, 4) is 22.6 Å². The third-order valence-electron chi connectivity index (χ3n) is 6.07. The van der Waals surface area contributed by atoms with Gasteiger partial charge >= 0.3 is 0 Å². The first-order valence-corrected chi connectivity index (χ1v) is 14.7. The van der Waals surface area contributed by atoms with Gasteiger partial charge in [-0.15, -0.1) is 0 Å². The van der Waals surface area contributed by atoms with Gasteiger partial charge in [-0.25, -0.2) is 0 Å². The molecular weight excluding hydrogens is 465 g/mol. The molecule has 5 rings (SSSR count). The van der Waals surface area contributed by atoms with Gasteiger partial charge in [-0.05, 0) is 33.7 Å². The van der Waals surface area contributed by atoms with E-state index in [-0.39, 0.29) is 0 Å². The Hall–Kier alpha value is -1.95. The molecule has 5 heteroatoms. The van der Waals surface area contributed by atoms with Crippen LogP contribution in [0.4, 0.5) is 0 Å². The third kappa shape index (κ3) is 4.55. The molecule has 0 saturated carbocycles. The van der Waals surface area contributed by atoms with Gasteiger partial charge in [-0.3, -0.25) is 0 Å². The minimum Gasteiger partial charge on any atom is -0.496 e. The molecule has 4 aromatic carbocycles. The minimum atomic E-state index is 0.941. The smallest absolute Gasteiger partial charge is 0.131 e. The molecule has 0 N–H and O–H groups in total. The van der Waals surface area contributed by atoms with E-state index in [2.05, 4.69) is 72.4 Å². The summed E-state index contributed by atoms with van der Waals surface area (Å²) in [7, 11) is 3.61. The van der Waals surface area contributed by atoms with Crippen molar-refractivity contribution in [2.45, 2.75) is 11.5 Å². The highest BCUT2D eigenvalue weighted by molar-refractivity contribution is 8.04. The maximum Gasteiger partial charge on any atom is 0.131 e. The number of hydrogen-bond acceptors (Lipinski definition) is 5. The van der Waals surface area contributed by atoms with E-state index in [9.17, 15) is 0 Å². The largest absolute Gasteiger partial charge is 0.496 e. The van der Waals surface area contributed by atoms with Crippen molar-refractivity contribution in [1.29, 1.82) is 0 Å². The summed E-state index contributed by atoms with van der Waals surface area (Å²) in [6, 6.07) is 22.0. The zero-order valence-electron chi connectivity index (χ0n) is 19.1. The molecule has 0 aliphatic carbocycles.